The van der Waals surface area contributed by atoms with Crippen molar-refractivity contribution in [3.8, 4) is 0 Å². The average molecular weight is 294 g/mol. The minimum Gasteiger partial charge on any atom is -0.394 e. The highest BCUT2D eigenvalue weighted by Gasteiger charge is 2.17. The van der Waals surface area contributed by atoms with Gasteiger partial charge in [0.2, 0.25) is 5.95 Å². The van der Waals surface area contributed by atoms with Crippen molar-refractivity contribution in [3.63, 3.8) is 0 Å². The first-order valence-electron chi connectivity index (χ1n) is 6.80. The van der Waals surface area contributed by atoms with Crippen molar-refractivity contribution >= 4 is 17.1 Å². The number of aliphatic hydroxyl groups excluding tert-OH is 2. The molecule has 0 amide bonds. The molecule has 1 fully saturated rings. The summed E-state index contributed by atoms with van der Waals surface area (Å²) in [4.78, 5) is 13.6. The minimum absolute atomic E-state index is 0.103. The van der Waals surface area contributed by atoms with Crippen LogP contribution in [0.3, 0.4) is 0 Å². The predicted molar refractivity (Wildman–Crippen MR) is 73.9 cm³/mol. The van der Waals surface area contributed by atoms with Crippen LogP contribution in [-0.4, -0.2) is 68.7 Å². The van der Waals surface area contributed by atoms with Gasteiger partial charge in [0.05, 0.1) is 38.8 Å². The van der Waals surface area contributed by atoms with Crippen molar-refractivity contribution in [3.05, 3.63) is 11.8 Å². The molecule has 0 radical (unpaired) electrons. The molecule has 9 heteroatoms. The number of ether oxygens (including phenoxy) is 1. The Hall–Kier alpha value is -1.97. The number of fused-ring (bicyclic) bond motifs is 1. The monoisotopic (exact) mass is 294 g/mol. The topological polar surface area (TPSA) is 123 Å². The lowest BCUT2D eigenvalue weighted by atomic mass is 10.3. The van der Waals surface area contributed by atoms with Crippen LogP contribution < -0.4 is 10.4 Å². The van der Waals surface area contributed by atoms with Gasteiger partial charge in [0.1, 0.15) is 5.52 Å². The van der Waals surface area contributed by atoms with Crippen LogP contribution in [0.15, 0.2) is 6.33 Å². The van der Waals surface area contributed by atoms with Crippen LogP contribution in [0.1, 0.15) is 0 Å². The summed E-state index contributed by atoms with van der Waals surface area (Å²) >= 11 is 0. The highest BCUT2D eigenvalue weighted by atomic mass is 16.5. The highest BCUT2D eigenvalue weighted by molar-refractivity contribution is 5.72. The van der Waals surface area contributed by atoms with Crippen LogP contribution in [0, 0.1) is 5.41 Å². The van der Waals surface area contributed by atoms with E-state index in [0.717, 1.165) is 13.1 Å². The molecule has 3 heterocycles. The number of H-pyrrole nitrogens is 1. The summed E-state index contributed by atoms with van der Waals surface area (Å²) in [6.45, 7) is 2.60. The number of hydrogen-bond acceptors (Lipinski definition) is 7. The van der Waals surface area contributed by atoms with E-state index in [1.165, 1.54) is 6.33 Å². The van der Waals surface area contributed by atoms with Crippen molar-refractivity contribution in [1.29, 1.82) is 5.41 Å². The van der Waals surface area contributed by atoms with E-state index in [1.807, 2.05) is 0 Å². The summed E-state index contributed by atoms with van der Waals surface area (Å²) in [5.41, 5.74) is 1.17. The number of imidazole rings is 1. The largest absolute Gasteiger partial charge is 0.394 e. The highest BCUT2D eigenvalue weighted by Crippen LogP contribution is 2.15. The summed E-state index contributed by atoms with van der Waals surface area (Å²) in [6.07, 6.45) is 0.563. The molecule has 0 aliphatic carbocycles. The zero-order valence-corrected chi connectivity index (χ0v) is 11.5. The van der Waals surface area contributed by atoms with E-state index >= 15 is 0 Å². The molecule has 114 valence electrons. The molecule has 1 saturated heterocycles. The predicted octanol–water partition coefficient (Wildman–Crippen LogP) is -1.57. The van der Waals surface area contributed by atoms with Crippen LogP contribution in [0.4, 0.5) is 5.95 Å². The van der Waals surface area contributed by atoms with Crippen LogP contribution in [-0.2, 0) is 11.3 Å². The number of rotatable bonds is 4. The molecule has 0 unspecified atom stereocenters. The minimum atomic E-state index is -0.889. The molecule has 1 aliphatic heterocycles. The van der Waals surface area contributed by atoms with Gasteiger partial charge in [-0.1, -0.05) is 0 Å². The molecule has 4 N–H and O–H groups in total. The summed E-state index contributed by atoms with van der Waals surface area (Å²) < 4.78 is 6.94. The summed E-state index contributed by atoms with van der Waals surface area (Å²) in [5, 5.41) is 26.4. The fourth-order valence-electron chi connectivity index (χ4n) is 2.31. The van der Waals surface area contributed by atoms with Gasteiger partial charge in [-0.3, -0.25) is 5.41 Å². The molecule has 21 heavy (non-hydrogen) atoms. The molecule has 3 rings (SSSR count). The van der Waals surface area contributed by atoms with Crippen molar-refractivity contribution in [2.24, 2.45) is 0 Å². The lowest BCUT2D eigenvalue weighted by Gasteiger charge is -2.25. The van der Waals surface area contributed by atoms with E-state index in [0.29, 0.717) is 30.3 Å². The third-order valence-corrected chi connectivity index (χ3v) is 3.44. The van der Waals surface area contributed by atoms with Crippen LogP contribution in [0.25, 0.3) is 11.2 Å². The maximum Gasteiger partial charge on any atom is 0.205 e. The zero-order chi connectivity index (χ0) is 14.8. The summed E-state index contributed by atoms with van der Waals surface area (Å²) in [7, 11) is 0. The SMILES string of the molecule is N=c1ncn(C[C@H](O)CO)c2nc(N3CCOCC3)[nH]c12. The number of aromatic amines is 1. The third-order valence-electron chi connectivity index (χ3n) is 3.44. The number of aliphatic hydroxyl groups is 2. The normalized spacial score (nSPS) is 17.3. The Morgan fingerprint density at radius 2 is 2.19 bits per heavy atom. The van der Waals surface area contributed by atoms with Gasteiger partial charge in [0, 0.05) is 13.1 Å². The van der Waals surface area contributed by atoms with Gasteiger partial charge >= 0.3 is 0 Å². The van der Waals surface area contributed by atoms with Crippen molar-refractivity contribution < 1.29 is 14.9 Å². The maximum absolute atomic E-state index is 9.59. The van der Waals surface area contributed by atoms with E-state index in [4.69, 9.17) is 15.3 Å². The zero-order valence-electron chi connectivity index (χ0n) is 11.5. The molecular weight excluding hydrogens is 276 g/mol. The number of nitrogens with one attached hydrogen (secondary N) is 2. The molecule has 1 atom stereocenters. The van der Waals surface area contributed by atoms with Gasteiger partial charge in [-0.2, -0.15) is 4.98 Å². The van der Waals surface area contributed by atoms with Crippen molar-refractivity contribution in [1.82, 2.24) is 19.5 Å². The summed E-state index contributed by atoms with van der Waals surface area (Å²) in [5.74, 6) is 0.669. The smallest absolute Gasteiger partial charge is 0.205 e. The Labute approximate surface area is 120 Å². The van der Waals surface area contributed by atoms with Gasteiger partial charge in [0.15, 0.2) is 11.1 Å². The molecule has 0 saturated carbocycles. The van der Waals surface area contributed by atoms with Gasteiger partial charge in [-0.05, 0) is 0 Å². The quantitative estimate of drug-likeness (QED) is 0.540. The number of morpholine rings is 1. The second-order valence-electron chi connectivity index (χ2n) is 4.94. The number of hydrogen-bond donors (Lipinski definition) is 4. The molecule has 2 aromatic rings. The van der Waals surface area contributed by atoms with Gasteiger partial charge in [-0.15, -0.1) is 0 Å². The Balaban J connectivity index is 2.00. The second kappa shape index (κ2) is 5.80. The molecule has 1 aliphatic rings. The Bertz CT molecular complexity index is 675. The van der Waals surface area contributed by atoms with Crippen LogP contribution in [0.5, 0.6) is 0 Å². The fourth-order valence-corrected chi connectivity index (χ4v) is 2.31. The van der Waals surface area contributed by atoms with E-state index in [1.54, 1.807) is 4.57 Å². The molecule has 2 aromatic heterocycles. The van der Waals surface area contributed by atoms with Crippen LogP contribution in [0.2, 0.25) is 0 Å². The number of nitrogens with zero attached hydrogens (tertiary/aromatic N) is 4. The lowest BCUT2D eigenvalue weighted by Crippen LogP contribution is -2.36. The van der Waals surface area contributed by atoms with Crippen molar-refractivity contribution in [2.45, 2.75) is 12.6 Å². The molecule has 9 nitrogen and oxygen atoms in total. The average Bonchev–Trinajstić information content (AvgIpc) is 2.97. The van der Waals surface area contributed by atoms with E-state index in [9.17, 15) is 5.11 Å². The first-order chi connectivity index (χ1) is 10.2. The van der Waals surface area contributed by atoms with Crippen molar-refractivity contribution in [2.75, 3.05) is 37.8 Å². The fraction of sp³-hybridized carbons (Fsp3) is 0.583. The number of anilines is 1. The third kappa shape index (κ3) is 2.75. The summed E-state index contributed by atoms with van der Waals surface area (Å²) in [6, 6.07) is 0. The molecular formula is C12H18N6O3. The molecule has 0 bridgehead atoms. The number of aromatic nitrogens is 4. The van der Waals surface area contributed by atoms with Gasteiger partial charge in [-0.25, -0.2) is 4.98 Å². The maximum atomic E-state index is 9.59. The van der Waals surface area contributed by atoms with Crippen LogP contribution >= 0.6 is 0 Å². The Morgan fingerprint density at radius 1 is 1.43 bits per heavy atom. The van der Waals surface area contributed by atoms with Gasteiger partial charge in [0.25, 0.3) is 0 Å². The first-order valence-corrected chi connectivity index (χ1v) is 6.80. The molecule has 0 spiro atoms. The first kappa shape index (κ1) is 14.0. The lowest BCUT2D eigenvalue weighted by molar-refractivity contribution is 0.0817. The second-order valence-corrected chi connectivity index (χ2v) is 4.94. The van der Waals surface area contributed by atoms with E-state index < -0.39 is 6.10 Å². The molecule has 0 aromatic carbocycles. The standard InChI is InChI=1S/C12H18N6O3/c13-10-9-11(18(7-14-10)5-8(20)6-19)16-12(15-9)17-1-3-21-4-2-17/h7-8,13,19-20H,1-6H2,(H,15,16)/t8-/m0/s1. The van der Waals surface area contributed by atoms with Gasteiger partial charge < -0.3 is 29.4 Å². The van der Waals surface area contributed by atoms with E-state index in [-0.39, 0.29) is 18.6 Å². The van der Waals surface area contributed by atoms with E-state index in [2.05, 4.69) is 19.9 Å². The Kier molecular flexibility index (Phi) is 3.86. The Morgan fingerprint density at radius 3 is 2.90 bits per heavy atom.